The van der Waals surface area contributed by atoms with Crippen LogP contribution in [0.2, 0.25) is 0 Å². The van der Waals surface area contributed by atoms with Gasteiger partial charge in [-0.1, -0.05) is 19.1 Å². The number of nitriles is 1. The summed E-state index contributed by atoms with van der Waals surface area (Å²) in [5, 5.41) is 11.6. The number of carbonyl (C=O) groups excluding carboxylic acids is 1. The summed E-state index contributed by atoms with van der Waals surface area (Å²) >= 11 is 3.39. The topological polar surface area (TPSA) is 62.1 Å². The molecule has 2 aromatic carbocycles. The van der Waals surface area contributed by atoms with Crippen LogP contribution in [0.1, 0.15) is 31.4 Å². The molecule has 152 valence electrons. The molecule has 0 spiro atoms. The van der Waals surface area contributed by atoms with E-state index in [1.54, 1.807) is 24.3 Å². The van der Waals surface area contributed by atoms with E-state index in [9.17, 15) is 23.2 Å². The fraction of sp³-hybridized carbons (Fsp3) is 0.238. The second-order valence-corrected chi connectivity index (χ2v) is 7.08. The third kappa shape index (κ3) is 6.36. The molecule has 0 bridgehead atoms. The molecule has 8 heteroatoms. The number of hydrogen-bond acceptors (Lipinski definition) is 3. The van der Waals surface area contributed by atoms with Crippen LogP contribution in [-0.2, 0) is 11.0 Å². The average Bonchev–Trinajstić information content (AvgIpc) is 2.67. The van der Waals surface area contributed by atoms with Crippen molar-refractivity contribution in [3.63, 3.8) is 0 Å². The zero-order chi connectivity index (χ0) is 21.6. The van der Waals surface area contributed by atoms with E-state index in [2.05, 4.69) is 21.2 Å². The minimum absolute atomic E-state index is 0.0283. The molecule has 4 nitrogen and oxygen atoms in total. The summed E-state index contributed by atoms with van der Waals surface area (Å²) < 4.78 is 44.8. The van der Waals surface area contributed by atoms with Gasteiger partial charge in [-0.25, -0.2) is 0 Å². The predicted molar refractivity (Wildman–Crippen MR) is 108 cm³/mol. The number of benzene rings is 2. The van der Waals surface area contributed by atoms with Gasteiger partial charge in [-0.15, -0.1) is 0 Å². The Balaban J connectivity index is 2.20. The minimum Gasteiger partial charge on any atom is -0.490 e. The summed E-state index contributed by atoms with van der Waals surface area (Å²) in [5.41, 5.74) is -0.628. The normalized spacial score (nSPS) is 12.8. The third-order valence-electron chi connectivity index (χ3n) is 3.98. The Morgan fingerprint density at radius 1 is 1.31 bits per heavy atom. The molecule has 0 radical (unpaired) electrons. The summed E-state index contributed by atoms with van der Waals surface area (Å²) in [7, 11) is 0. The number of ether oxygens (including phenoxy) is 1. The summed E-state index contributed by atoms with van der Waals surface area (Å²) in [5.74, 6) is -0.175. The monoisotopic (exact) mass is 466 g/mol. The van der Waals surface area contributed by atoms with Gasteiger partial charge < -0.3 is 10.1 Å². The maximum absolute atomic E-state index is 12.8. The van der Waals surface area contributed by atoms with Crippen molar-refractivity contribution < 1.29 is 22.7 Å². The number of amides is 1. The molecule has 0 saturated heterocycles. The van der Waals surface area contributed by atoms with Crippen molar-refractivity contribution >= 4 is 33.6 Å². The van der Waals surface area contributed by atoms with Crippen molar-refractivity contribution in [3.05, 3.63) is 63.6 Å². The summed E-state index contributed by atoms with van der Waals surface area (Å²) in [4.78, 5) is 12.3. The number of alkyl halides is 3. The van der Waals surface area contributed by atoms with Gasteiger partial charge in [0.25, 0.3) is 5.91 Å². The molecule has 0 saturated carbocycles. The molecule has 0 aliphatic heterocycles. The lowest BCUT2D eigenvalue weighted by molar-refractivity contribution is -0.137. The highest BCUT2D eigenvalue weighted by Crippen LogP contribution is 2.31. The first-order valence-corrected chi connectivity index (χ1v) is 9.50. The van der Waals surface area contributed by atoms with Crippen LogP contribution >= 0.6 is 15.9 Å². The van der Waals surface area contributed by atoms with Gasteiger partial charge in [0.05, 0.1) is 16.1 Å². The van der Waals surface area contributed by atoms with Crippen molar-refractivity contribution in [3.8, 4) is 11.8 Å². The molecule has 2 rings (SSSR count). The van der Waals surface area contributed by atoms with Gasteiger partial charge >= 0.3 is 6.18 Å². The van der Waals surface area contributed by atoms with Gasteiger partial charge in [0.2, 0.25) is 0 Å². The highest BCUT2D eigenvalue weighted by atomic mass is 79.9. The standard InChI is InChI=1S/C21H18BrF3N2O2/c1-3-13(2)29-19-8-7-14(10-18(19)22)9-15(12-26)20(28)27-17-6-4-5-16(11-17)21(23,24)25/h4-11,13H,3H2,1-2H3,(H,27,28)/b15-9-/t13-/m0/s1. The summed E-state index contributed by atoms with van der Waals surface area (Å²) in [6.07, 6.45) is -2.32. The second-order valence-electron chi connectivity index (χ2n) is 6.23. The van der Waals surface area contributed by atoms with E-state index in [0.29, 0.717) is 15.8 Å². The lowest BCUT2D eigenvalue weighted by Gasteiger charge is -2.14. The van der Waals surface area contributed by atoms with Gasteiger partial charge in [-0.05, 0) is 71.2 Å². The van der Waals surface area contributed by atoms with Gasteiger partial charge in [0.15, 0.2) is 0 Å². The number of rotatable bonds is 6. The molecular formula is C21H18BrF3N2O2. The van der Waals surface area contributed by atoms with Crippen LogP contribution in [0.25, 0.3) is 6.08 Å². The van der Waals surface area contributed by atoms with Crippen molar-refractivity contribution in [2.75, 3.05) is 5.32 Å². The number of hydrogen-bond donors (Lipinski definition) is 1. The summed E-state index contributed by atoms with van der Waals surface area (Å²) in [6.45, 7) is 3.93. The molecule has 1 atom stereocenters. The first-order valence-electron chi connectivity index (χ1n) is 8.70. The van der Waals surface area contributed by atoms with Crippen LogP contribution in [-0.4, -0.2) is 12.0 Å². The Bertz CT molecular complexity index is 965. The van der Waals surface area contributed by atoms with Gasteiger partial charge in [-0.2, -0.15) is 18.4 Å². The van der Waals surface area contributed by atoms with Crippen molar-refractivity contribution in [2.45, 2.75) is 32.5 Å². The van der Waals surface area contributed by atoms with Crippen LogP contribution in [0, 0.1) is 11.3 Å². The smallest absolute Gasteiger partial charge is 0.416 e. The maximum Gasteiger partial charge on any atom is 0.416 e. The predicted octanol–water partition coefficient (Wildman–Crippen LogP) is 6.19. The fourth-order valence-electron chi connectivity index (χ4n) is 2.29. The van der Waals surface area contributed by atoms with E-state index < -0.39 is 17.6 Å². The summed E-state index contributed by atoms with van der Waals surface area (Å²) in [6, 6.07) is 11.1. The molecular weight excluding hydrogens is 449 g/mol. The SMILES string of the molecule is CC[C@H](C)Oc1ccc(/C=C(/C#N)C(=O)Nc2cccc(C(F)(F)F)c2)cc1Br. The molecule has 0 fully saturated rings. The van der Waals surface area contributed by atoms with Crippen molar-refractivity contribution in [2.24, 2.45) is 0 Å². The minimum atomic E-state index is -4.53. The highest BCUT2D eigenvalue weighted by Gasteiger charge is 2.30. The van der Waals surface area contributed by atoms with Crippen LogP contribution in [0.15, 0.2) is 52.5 Å². The Kier molecular flexibility index (Phi) is 7.46. The molecule has 0 aliphatic rings. The molecule has 0 aliphatic carbocycles. The Hall–Kier alpha value is -2.79. The first kappa shape index (κ1) is 22.5. The number of nitrogens with one attached hydrogen (secondary N) is 1. The van der Waals surface area contributed by atoms with Crippen LogP contribution in [0.3, 0.4) is 0 Å². The second kappa shape index (κ2) is 9.61. The van der Waals surface area contributed by atoms with E-state index in [1.807, 2.05) is 13.8 Å². The largest absolute Gasteiger partial charge is 0.490 e. The molecule has 0 aromatic heterocycles. The number of anilines is 1. The van der Waals surface area contributed by atoms with Crippen LogP contribution in [0.5, 0.6) is 5.75 Å². The van der Waals surface area contributed by atoms with E-state index >= 15 is 0 Å². The maximum atomic E-state index is 12.8. The number of nitrogens with zero attached hydrogens (tertiary/aromatic N) is 1. The lowest BCUT2D eigenvalue weighted by atomic mass is 10.1. The molecule has 1 amide bonds. The molecule has 0 heterocycles. The fourth-order valence-corrected chi connectivity index (χ4v) is 2.78. The highest BCUT2D eigenvalue weighted by molar-refractivity contribution is 9.10. The van der Waals surface area contributed by atoms with E-state index in [4.69, 9.17) is 4.74 Å². The quantitative estimate of drug-likeness (QED) is 0.407. The third-order valence-corrected chi connectivity index (χ3v) is 4.60. The van der Waals surface area contributed by atoms with Gasteiger partial charge in [0, 0.05) is 5.69 Å². The first-order chi connectivity index (χ1) is 13.6. The molecule has 29 heavy (non-hydrogen) atoms. The number of halogens is 4. The van der Waals surface area contributed by atoms with E-state index in [-0.39, 0.29) is 17.4 Å². The molecule has 2 aromatic rings. The van der Waals surface area contributed by atoms with E-state index in [1.165, 1.54) is 18.2 Å². The Labute approximate surface area is 175 Å². The molecule has 0 unspecified atom stereocenters. The number of carbonyl (C=O) groups is 1. The zero-order valence-electron chi connectivity index (χ0n) is 15.7. The Morgan fingerprint density at radius 2 is 2.03 bits per heavy atom. The van der Waals surface area contributed by atoms with Gasteiger partial charge in [0.1, 0.15) is 17.4 Å². The van der Waals surface area contributed by atoms with E-state index in [0.717, 1.165) is 18.6 Å². The van der Waals surface area contributed by atoms with Crippen molar-refractivity contribution in [1.82, 2.24) is 0 Å². The lowest BCUT2D eigenvalue weighted by Crippen LogP contribution is -2.14. The Morgan fingerprint density at radius 3 is 2.62 bits per heavy atom. The average molecular weight is 467 g/mol. The van der Waals surface area contributed by atoms with Gasteiger partial charge in [-0.3, -0.25) is 4.79 Å². The zero-order valence-corrected chi connectivity index (χ0v) is 17.3. The molecule has 1 N–H and O–H groups in total. The van der Waals surface area contributed by atoms with Crippen molar-refractivity contribution in [1.29, 1.82) is 5.26 Å². The van der Waals surface area contributed by atoms with Crippen LogP contribution in [0.4, 0.5) is 18.9 Å². The van der Waals surface area contributed by atoms with Crippen LogP contribution < -0.4 is 10.1 Å².